The summed E-state index contributed by atoms with van der Waals surface area (Å²) in [5.74, 6) is 1.06. The molecular weight excluding hydrogens is 238 g/mol. The number of aromatic nitrogens is 1. The number of hydrogen-bond acceptors (Lipinski definition) is 4. The van der Waals surface area contributed by atoms with Gasteiger partial charge in [-0.1, -0.05) is 13.0 Å². The van der Waals surface area contributed by atoms with Gasteiger partial charge in [0.1, 0.15) is 5.82 Å². The molecular formula is C15H25N3O. The van der Waals surface area contributed by atoms with Gasteiger partial charge in [0.15, 0.2) is 0 Å². The topological polar surface area (TPSA) is 37.4 Å². The first kappa shape index (κ1) is 14.3. The molecule has 0 spiro atoms. The van der Waals surface area contributed by atoms with Crippen LogP contribution < -0.4 is 10.2 Å². The first-order chi connectivity index (χ1) is 9.20. The molecule has 1 fully saturated rings. The van der Waals surface area contributed by atoms with Crippen molar-refractivity contribution < 1.29 is 4.74 Å². The molecule has 1 N–H and O–H groups in total. The second-order valence-corrected chi connectivity index (χ2v) is 5.21. The van der Waals surface area contributed by atoms with Crippen molar-refractivity contribution in [1.82, 2.24) is 10.3 Å². The monoisotopic (exact) mass is 263 g/mol. The Morgan fingerprint density at radius 3 is 3.05 bits per heavy atom. The van der Waals surface area contributed by atoms with Gasteiger partial charge < -0.3 is 15.0 Å². The molecule has 106 valence electrons. The molecule has 1 saturated heterocycles. The molecule has 19 heavy (non-hydrogen) atoms. The Morgan fingerprint density at radius 1 is 1.53 bits per heavy atom. The molecule has 0 aromatic carbocycles. The zero-order chi connectivity index (χ0) is 13.7. The molecule has 0 aliphatic carbocycles. The van der Waals surface area contributed by atoms with Crippen molar-refractivity contribution in [2.45, 2.75) is 39.3 Å². The molecule has 0 amide bonds. The quantitative estimate of drug-likeness (QED) is 0.905. The van der Waals surface area contributed by atoms with E-state index in [0.717, 1.165) is 38.5 Å². The standard InChI is InChI=1S/C15H25N3O/c1-4-16-13(3)14-6-7-15(17-10-14)18-8-5-9-19-12(2)11-18/h6-7,10,12-13,16H,4-5,8-9,11H2,1-3H3. The van der Waals surface area contributed by atoms with Crippen LogP contribution in [-0.2, 0) is 4.74 Å². The molecule has 2 unspecified atom stereocenters. The minimum Gasteiger partial charge on any atom is -0.377 e. The van der Waals surface area contributed by atoms with E-state index in [1.807, 2.05) is 6.20 Å². The molecule has 2 rings (SSSR count). The Kier molecular flexibility index (Phi) is 5.16. The SMILES string of the molecule is CCNC(C)c1ccc(N2CCCOC(C)C2)nc1. The smallest absolute Gasteiger partial charge is 0.128 e. The van der Waals surface area contributed by atoms with E-state index in [2.05, 4.69) is 48.1 Å². The minimum atomic E-state index is 0.282. The lowest BCUT2D eigenvalue weighted by Gasteiger charge is -2.23. The van der Waals surface area contributed by atoms with Crippen LogP contribution in [0.4, 0.5) is 5.82 Å². The average molecular weight is 263 g/mol. The Hall–Kier alpha value is -1.13. The molecule has 0 bridgehead atoms. The molecule has 2 heterocycles. The molecule has 1 aromatic heterocycles. The third-order valence-electron chi connectivity index (χ3n) is 3.56. The summed E-state index contributed by atoms with van der Waals surface area (Å²) in [5, 5.41) is 3.40. The predicted octanol–water partition coefficient (Wildman–Crippen LogP) is 2.37. The number of anilines is 1. The highest BCUT2D eigenvalue weighted by atomic mass is 16.5. The summed E-state index contributed by atoms with van der Waals surface area (Å²) in [5.41, 5.74) is 1.24. The molecule has 2 atom stereocenters. The maximum absolute atomic E-state index is 5.67. The highest BCUT2D eigenvalue weighted by molar-refractivity contribution is 5.40. The van der Waals surface area contributed by atoms with Gasteiger partial charge in [0.2, 0.25) is 0 Å². The lowest BCUT2D eigenvalue weighted by molar-refractivity contribution is 0.0820. The van der Waals surface area contributed by atoms with E-state index >= 15 is 0 Å². The van der Waals surface area contributed by atoms with E-state index in [0.29, 0.717) is 6.04 Å². The highest BCUT2D eigenvalue weighted by Crippen LogP contribution is 2.18. The van der Waals surface area contributed by atoms with Crippen LogP contribution in [0.1, 0.15) is 38.8 Å². The summed E-state index contributed by atoms with van der Waals surface area (Å²) in [6, 6.07) is 4.66. The molecule has 1 aliphatic rings. The first-order valence-corrected chi connectivity index (χ1v) is 7.26. The fourth-order valence-corrected chi connectivity index (χ4v) is 2.47. The summed E-state index contributed by atoms with van der Waals surface area (Å²) >= 11 is 0. The van der Waals surface area contributed by atoms with E-state index in [4.69, 9.17) is 4.74 Å². The van der Waals surface area contributed by atoms with Gasteiger partial charge in [-0.3, -0.25) is 0 Å². The summed E-state index contributed by atoms with van der Waals surface area (Å²) in [6.07, 6.45) is 3.34. The van der Waals surface area contributed by atoms with Crippen LogP contribution in [0, 0.1) is 0 Å². The second kappa shape index (κ2) is 6.87. The summed E-state index contributed by atoms with van der Waals surface area (Å²) < 4.78 is 5.67. The molecule has 0 saturated carbocycles. The summed E-state index contributed by atoms with van der Waals surface area (Å²) in [7, 11) is 0. The largest absolute Gasteiger partial charge is 0.377 e. The maximum atomic E-state index is 5.67. The predicted molar refractivity (Wildman–Crippen MR) is 78.6 cm³/mol. The average Bonchev–Trinajstić information content (AvgIpc) is 2.64. The Labute approximate surface area is 116 Å². The number of pyridine rings is 1. The third kappa shape index (κ3) is 3.91. The van der Waals surface area contributed by atoms with Gasteiger partial charge in [0, 0.05) is 31.9 Å². The Morgan fingerprint density at radius 2 is 2.37 bits per heavy atom. The zero-order valence-corrected chi connectivity index (χ0v) is 12.2. The Bertz CT molecular complexity index is 379. The highest BCUT2D eigenvalue weighted by Gasteiger charge is 2.16. The van der Waals surface area contributed by atoms with E-state index in [1.165, 1.54) is 5.56 Å². The van der Waals surface area contributed by atoms with Crippen LogP contribution in [-0.4, -0.2) is 37.3 Å². The Balaban J connectivity index is 2.04. The lowest BCUT2D eigenvalue weighted by atomic mass is 10.1. The molecule has 0 radical (unpaired) electrons. The van der Waals surface area contributed by atoms with Crippen LogP contribution in [0.2, 0.25) is 0 Å². The molecule has 4 heteroatoms. The van der Waals surface area contributed by atoms with Gasteiger partial charge in [-0.25, -0.2) is 4.98 Å². The lowest BCUT2D eigenvalue weighted by Crippen LogP contribution is -2.30. The van der Waals surface area contributed by atoms with Crippen LogP contribution in [0.25, 0.3) is 0 Å². The van der Waals surface area contributed by atoms with E-state index in [1.54, 1.807) is 0 Å². The number of nitrogens with one attached hydrogen (secondary N) is 1. The second-order valence-electron chi connectivity index (χ2n) is 5.21. The summed E-state index contributed by atoms with van der Waals surface area (Å²) in [4.78, 5) is 6.93. The van der Waals surface area contributed by atoms with Crippen molar-refractivity contribution in [3.8, 4) is 0 Å². The molecule has 1 aliphatic heterocycles. The number of rotatable bonds is 4. The van der Waals surface area contributed by atoms with Crippen molar-refractivity contribution >= 4 is 5.82 Å². The van der Waals surface area contributed by atoms with Crippen LogP contribution in [0.15, 0.2) is 18.3 Å². The molecule has 1 aromatic rings. The van der Waals surface area contributed by atoms with Gasteiger partial charge in [-0.15, -0.1) is 0 Å². The number of hydrogen-bond donors (Lipinski definition) is 1. The van der Waals surface area contributed by atoms with Crippen molar-refractivity contribution in [2.75, 3.05) is 31.1 Å². The van der Waals surface area contributed by atoms with E-state index in [-0.39, 0.29) is 6.10 Å². The van der Waals surface area contributed by atoms with Crippen molar-refractivity contribution in [3.63, 3.8) is 0 Å². The summed E-state index contributed by atoms with van der Waals surface area (Å²) in [6.45, 7) is 10.2. The fraction of sp³-hybridized carbons (Fsp3) is 0.667. The fourth-order valence-electron chi connectivity index (χ4n) is 2.47. The zero-order valence-electron chi connectivity index (χ0n) is 12.2. The van der Waals surface area contributed by atoms with E-state index in [9.17, 15) is 0 Å². The van der Waals surface area contributed by atoms with Crippen molar-refractivity contribution in [2.24, 2.45) is 0 Å². The van der Waals surface area contributed by atoms with Gasteiger partial charge in [-0.2, -0.15) is 0 Å². The van der Waals surface area contributed by atoms with Gasteiger partial charge in [-0.05, 0) is 38.4 Å². The van der Waals surface area contributed by atoms with Crippen LogP contribution in [0.5, 0.6) is 0 Å². The minimum absolute atomic E-state index is 0.282. The first-order valence-electron chi connectivity index (χ1n) is 7.26. The van der Waals surface area contributed by atoms with Crippen LogP contribution in [0.3, 0.4) is 0 Å². The number of ether oxygens (including phenoxy) is 1. The van der Waals surface area contributed by atoms with Gasteiger partial charge in [0.25, 0.3) is 0 Å². The van der Waals surface area contributed by atoms with Gasteiger partial charge >= 0.3 is 0 Å². The maximum Gasteiger partial charge on any atom is 0.128 e. The van der Waals surface area contributed by atoms with Crippen molar-refractivity contribution in [3.05, 3.63) is 23.9 Å². The third-order valence-corrected chi connectivity index (χ3v) is 3.56. The van der Waals surface area contributed by atoms with Crippen molar-refractivity contribution in [1.29, 1.82) is 0 Å². The van der Waals surface area contributed by atoms with E-state index < -0.39 is 0 Å². The molecule has 4 nitrogen and oxygen atoms in total. The number of nitrogens with zero attached hydrogens (tertiary/aromatic N) is 2. The van der Waals surface area contributed by atoms with Gasteiger partial charge in [0.05, 0.1) is 6.10 Å². The van der Waals surface area contributed by atoms with Crippen LogP contribution >= 0.6 is 0 Å². The normalized spacial score (nSPS) is 22.1.